The molecule has 2 atom stereocenters. The molecule has 1 aliphatic rings. The van der Waals surface area contributed by atoms with Crippen molar-refractivity contribution in [3.05, 3.63) is 18.0 Å². The zero-order chi connectivity index (χ0) is 10.4. The fraction of sp³-hybridized carbons (Fsp3) is 0.500. The predicted octanol–water partition coefficient (Wildman–Crippen LogP) is 2.16. The summed E-state index contributed by atoms with van der Waals surface area (Å²) in [5.41, 5.74) is 0.665. The van der Waals surface area contributed by atoms with Crippen LogP contribution in [0.25, 0.3) is 11.5 Å². The van der Waals surface area contributed by atoms with E-state index in [2.05, 4.69) is 22.0 Å². The number of hydrogen-bond donors (Lipinski definition) is 0. The highest BCUT2D eigenvalue weighted by molar-refractivity contribution is 5.50. The van der Waals surface area contributed by atoms with Crippen LogP contribution >= 0.6 is 0 Å². The third-order valence-electron chi connectivity index (χ3n) is 2.82. The second-order valence-corrected chi connectivity index (χ2v) is 4.03. The lowest BCUT2D eigenvalue weighted by Gasteiger charge is -1.86. The van der Waals surface area contributed by atoms with E-state index < -0.39 is 0 Å². The highest BCUT2D eigenvalue weighted by Gasteiger charge is 2.39. The summed E-state index contributed by atoms with van der Waals surface area (Å²) in [6.07, 6.45) is 2.53. The Kier molecular flexibility index (Phi) is 1.68. The fourth-order valence-corrected chi connectivity index (χ4v) is 1.67. The van der Waals surface area contributed by atoms with E-state index in [0.29, 0.717) is 29.1 Å². The maximum Gasteiger partial charge on any atom is 0.230 e. The van der Waals surface area contributed by atoms with E-state index in [1.807, 2.05) is 6.92 Å². The molecule has 2 aromatic heterocycles. The summed E-state index contributed by atoms with van der Waals surface area (Å²) >= 11 is 0. The molecule has 0 spiro atoms. The molecule has 0 unspecified atom stereocenters. The zero-order valence-corrected chi connectivity index (χ0v) is 8.60. The van der Waals surface area contributed by atoms with Crippen molar-refractivity contribution in [1.29, 1.82) is 0 Å². The van der Waals surface area contributed by atoms with Gasteiger partial charge in [0, 0.05) is 5.92 Å². The molecule has 0 aromatic carbocycles. The Hall–Kier alpha value is -1.65. The van der Waals surface area contributed by atoms with Crippen LogP contribution in [-0.4, -0.2) is 15.1 Å². The van der Waals surface area contributed by atoms with E-state index in [-0.39, 0.29) is 0 Å². The molecule has 2 aromatic rings. The second-order valence-electron chi connectivity index (χ2n) is 4.03. The quantitative estimate of drug-likeness (QED) is 0.751. The fourth-order valence-electron chi connectivity index (χ4n) is 1.67. The molecule has 0 radical (unpaired) electrons. The minimum absolute atomic E-state index is 0.443. The van der Waals surface area contributed by atoms with Gasteiger partial charge in [0.25, 0.3) is 0 Å². The maximum atomic E-state index is 5.20. The lowest BCUT2D eigenvalue weighted by molar-refractivity contribution is 0.376. The van der Waals surface area contributed by atoms with Crippen molar-refractivity contribution in [2.45, 2.75) is 26.2 Å². The van der Waals surface area contributed by atoms with Gasteiger partial charge in [0.2, 0.25) is 11.7 Å². The standard InChI is InChI=1S/C10H11N3O2/c1-5-3-7(5)10-12-9(13-15-10)8-6(2)14-4-11-8/h4-5,7H,3H2,1-2H3/t5-,7-/m0/s1. The van der Waals surface area contributed by atoms with Gasteiger partial charge in [-0.2, -0.15) is 4.98 Å². The van der Waals surface area contributed by atoms with Crippen molar-refractivity contribution in [1.82, 2.24) is 15.1 Å². The average molecular weight is 205 g/mol. The van der Waals surface area contributed by atoms with Crippen LogP contribution in [0, 0.1) is 12.8 Å². The maximum absolute atomic E-state index is 5.20. The first-order valence-corrected chi connectivity index (χ1v) is 5.00. The Labute approximate surface area is 86.5 Å². The van der Waals surface area contributed by atoms with Gasteiger partial charge >= 0.3 is 0 Å². The third kappa shape index (κ3) is 1.35. The van der Waals surface area contributed by atoms with Gasteiger partial charge in [-0.15, -0.1) is 0 Å². The number of rotatable bonds is 2. The van der Waals surface area contributed by atoms with Crippen molar-refractivity contribution in [2.75, 3.05) is 0 Å². The lowest BCUT2D eigenvalue weighted by atomic mass is 10.3. The second kappa shape index (κ2) is 2.92. The molecular formula is C10H11N3O2. The van der Waals surface area contributed by atoms with E-state index in [0.717, 1.165) is 12.3 Å². The van der Waals surface area contributed by atoms with Crippen LogP contribution < -0.4 is 0 Å². The average Bonchev–Trinajstić information content (AvgIpc) is 2.69. The van der Waals surface area contributed by atoms with E-state index in [1.54, 1.807) is 0 Å². The Morgan fingerprint density at radius 2 is 2.27 bits per heavy atom. The summed E-state index contributed by atoms with van der Waals surface area (Å²) in [5, 5.41) is 3.91. The van der Waals surface area contributed by atoms with Crippen molar-refractivity contribution < 1.29 is 8.94 Å². The van der Waals surface area contributed by atoms with Crippen molar-refractivity contribution in [2.24, 2.45) is 5.92 Å². The van der Waals surface area contributed by atoms with Crippen LogP contribution in [-0.2, 0) is 0 Å². The molecule has 78 valence electrons. The minimum Gasteiger partial charge on any atom is -0.448 e. The Bertz CT molecular complexity index is 488. The van der Waals surface area contributed by atoms with Gasteiger partial charge in [-0.3, -0.25) is 0 Å². The molecule has 0 amide bonds. The molecule has 1 saturated carbocycles. The monoisotopic (exact) mass is 205 g/mol. The zero-order valence-electron chi connectivity index (χ0n) is 8.60. The summed E-state index contributed by atoms with van der Waals surface area (Å²) < 4.78 is 10.3. The van der Waals surface area contributed by atoms with Crippen LogP contribution in [0.3, 0.4) is 0 Å². The molecule has 0 aliphatic heterocycles. The normalized spacial score (nSPS) is 24.4. The summed E-state index contributed by atoms with van der Waals surface area (Å²) in [4.78, 5) is 8.37. The predicted molar refractivity (Wildman–Crippen MR) is 51.1 cm³/mol. The molecule has 5 nitrogen and oxygen atoms in total. The smallest absolute Gasteiger partial charge is 0.230 e. The Morgan fingerprint density at radius 1 is 1.47 bits per heavy atom. The summed E-state index contributed by atoms with van der Waals surface area (Å²) in [7, 11) is 0. The van der Waals surface area contributed by atoms with Crippen LogP contribution in [0.15, 0.2) is 15.3 Å². The lowest BCUT2D eigenvalue weighted by Crippen LogP contribution is -1.84. The van der Waals surface area contributed by atoms with E-state index in [1.165, 1.54) is 6.39 Å². The molecule has 2 heterocycles. The summed E-state index contributed by atoms with van der Waals surface area (Å²) in [5.74, 6) is 3.07. The van der Waals surface area contributed by atoms with Gasteiger partial charge in [0.15, 0.2) is 12.1 Å². The van der Waals surface area contributed by atoms with Gasteiger partial charge < -0.3 is 8.94 Å². The van der Waals surface area contributed by atoms with E-state index in [9.17, 15) is 0 Å². The largest absolute Gasteiger partial charge is 0.448 e. The Morgan fingerprint density at radius 3 is 2.87 bits per heavy atom. The third-order valence-corrected chi connectivity index (χ3v) is 2.82. The molecular weight excluding hydrogens is 194 g/mol. The van der Waals surface area contributed by atoms with E-state index in [4.69, 9.17) is 8.94 Å². The number of oxazole rings is 1. The Balaban J connectivity index is 1.94. The van der Waals surface area contributed by atoms with Gasteiger partial charge in [0.05, 0.1) is 0 Å². The van der Waals surface area contributed by atoms with Gasteiger partial charge in [-0.25, -0.2) is 4.98 Å². The summed E-state index contributed by atoms with van der Waals surface area (Å²) in [6, 6.07) is 0. The molecule has 15 heavy (non-hydrogen) atoms. The number of hydrogen-bond acceptors (Lipinski definition) is 5. The first-order chi connectivity index (χ1) is 7.25. The van der Waals surface area contributed by atoms with Crippen molar-refractivity contribution >= 4 is 0 Å². The van der Waals surface area contributed by atoms with Gasteiger partial charge in [-0.05, 0) is 19.3 Å². The minimum atomic E-state index is 0.443. The van der Waals surface area contributed by atoms with Crippen molar-refractivity contribution in [3.63, 3.8) is 0 Å². The molecule has 0 bridgehead atoms. The van der Waals surface area contributed by atoms with Crippen LogP contribution in [0.5, 0.6) is 0 Å². The van der Waals surface area contributed by atoms with Crippen LogP contribution in [0.2, 0.25) is 0 Å². The van der Waals surface area contributed by atoms with Crippen molar-refractivity contribution in [3.8, 4) is 11.5 Å². The SMILES string of the molecule is Cc1ocnc1-c1noc([C@H]2C[C@@H]2C)n1. The number of aryl methyl sites for hydroxylation is 1. The first kappa shape index (κ1) is 8.64. The highest BCUT2D eigenvalue weighted by atomic mass is 16.5. The van der Waals surface area contributed by atoms with E-state index >= 15 is 0 Å². The highest BCUT2D eigenvalue weighted by Crippen LogP contribution is 2.46. The first-order valence-electron chi connectivity index (χ1n) is 5.00. The van der Waals surface area contributed by atoms with Crippen LogP contribution in [0.1, 0.15) is 30.9 Å². The molecule has 0 N–H and O–H groups in total. The van der Waals surface area contributed by atoms with Crippen LogP contribution in [0.4, 0.5) is 0 Å². The molecule has 1 aliphatic carbocycles. The molecule has 1 fully saturated rings. The summed E-state index contributed by atoms with van der Waals surface area (Å²) in [6.45, 7) is 4.01. The number of nitrogens with zero attached hydrogens (tertiary/aromatic N) is 3. The molecule has 3 rings (SSSR count). The van der Waals surface area contributed by atoms with Gasteiger partial charge in [-0.1, -0.05) is 12.1 Å². The number of aromatic nitrogens is 3. The van der Waals surface area contributed by atoms with Gasteiger partial charge in [0.1, 0.15) is 5.76 Å². The molecule has 0 saturated heterocycles. The molecule has 5 heteroatoms. The topological polar surface area (TPSA) is 65.0 Å².